The molecule has 116 valence electrons. The molecule has 1 atom stereocenters. The fourth-order valence-corrected chi connectivity index (χ4v) is 2.73. The summed E-state index contributed by atoms with van der Waals surface area (Å²) in [6.07, 6.45) is 4.46. The maximum absolute atomic E-state index is 12.8. The number of hydrogen-bond acceptors (Lipinski definition) is 3. The molecule has 1 fully saturated rings. The molecule has 4 heteroatoms. The zero-order valence-electron chi connectivity index (χ0n) is 12.9. The number of nitrogens with one attached hydrogen (secondary N) is 1. The van der Waals surface area contributed by atoms with E-state index in [2.05, 4.69) is 17.4 Å². The Kier molecular flexibility index (Phi) is 6.70. The van der Waals surface area contributed by atoms with Crippen LogP contribution in [0.5, 0.6) is 0 Å². The molecule has 4 nitrogen and oxygen atoms in total. The van der Waals surface area contributed by atoms with E-state index in [-0.39, 0.29) is 11.9 Å². The molecule has 21 heavy (non-hydrogen) atoms. The lowest BCUT2D eigenvalue weighted by Gasteiger charge is -2.27. The number of carbonyl (C=O) groups is 1. The van der Waals surface area contributed by atoms with Crippen molar-refractivity contribution in [1.82, 2.24) is 10.2 Å². The van der Waals surface area contributed by atoms with Gasteiger partial charge in [0, 0.05) is 20.2 Å². The normalized spacial score (nSPS) is 19.0. The Morgan fingerprint density at radius 3 is 2.86 bits per heavy atom. The highest BCUT2D eigenvalue weighted by molar-refractivity contribution is 5.82. The molecule has 1 amide bonds. The smallest absolute Gasteiger partial charge is 0.240 e. The van der Waals surface area contributed by atoms with E-state index in [9.17, 15) is 4.79 Å². The molecule has 1 aliphatic heterocycles. The van der Waals surface area contributed by atoms with E-state index in [0.29, 0.717) is 19.7 Å². The number of rotatable bonds is 6. The molecule has 0 aliphatic carbocycles. The Balaban J connectivity index is 2.01. The maximum Gasteiger partial charge on any atom is 0.240 e. The van der Waals surface area contributed by atoms with Crippen molar-refractivity contribution in [1.29, 1.82) is 0 Å². The van der Waals surface area contributed by atoms with E-state index in [4.69, 9.17) is 4.74 Å². The van der Waals surface area contributed by atoms with Crippen molar-refractivity contribution in [2.75, 3.05) is 26.8 Å². The Bertz CT molecular complexity index is 414. The van der Waals surface area contributed by atoms with Gasteiger partial charge < -0.3 is 15.0 Å². The van der Waals surface area contributed by atoms with Gasteiger partial charge in [-0.1, -0.05) is 43.2 Å². The first kappa shape index (κ1) is 16.0. The predicted molar refractivity (Wildman–Crippen MR) is 84.0 cm³/mol. The molecule has 1 N–H and O–H groups in total. The highest BCUT2D eigenvalue weighted by Crippen LogP contribution is 2.13. The van der Waals surface area contributed by atoms with E-state index >= 15 is 0 Å². The summed E-state index contributed by atoms with van der Waals surface area (Å²) < 4.78 is 5.16. The quantitative estimate of drug-likeness (QED) is 0.873. The van der Waals surface area contributed by atoms with Gasteiger partial charge in [-0.05, 0) is 24.9 Å². The van der Waals surface area contributed by atoms with Crippen LogP contribution in [0.25, 0.3) is 0 Å². The SMILES string of the molecule is COCCN(Cc1ccccc1)C(=O)C1CCCCCN1. The van der Waals surface area contributed by atoms with Gasteiger partial charge in [0.05, 0.1) is 12.6 Å². The third-order valence-corrected chi connectivity index (χ3v) is 3.95. The largest absolute Gasteiger partial charge is 0.383 e. The number of hydrogen-bond donors (Lipinski definition) is 1. The third kappa shape index (κ3) is 5.14. The molecule has 1 heterocycles. The second kappa shape index (κ2) is 8.80. The standard InChI is InChI=1S/C17H26N2O2/c1-21-13-12-19(14-15-8-4-2-5-9-15)17(20)16-10-6-3-7-11-18-16/h2,4-5,8-9,16,18H,3,6-7,10-14H2,1H3. The molecule has 0 aromatic heterocycles. The Morgan fingerprint density at radius 2 is 2.10 bits per heavy atom. The van der Waals surface area contributed by atoms with Crippen LogP contribution in [0.3, 0.4) is 0 Å². The summed E-state index contributed by atoms with van der Waals surface area (Å²) in [5.41, 5.74) is 1.16. The van der Waals surface area contributed by atoms with Gasteiger partial charge in [0.15, 0.2) is 0 Å². The zero-order chi connectivity index (χ0) is 14.9. The number of methoxy groups -OCH3 is 1. The summed E-state index contributed by atoms with van der Waals surface area (Å²) in [5, 5.41) is 3.39. The Morgan fingerprint density at radius 1 is 1.29 bits per heavy atom. The van der Waals surface area contributed by atoms with Crippen molar-refractivity contribution in [3.8, 4) is 0 Å². The van der Waals surface area contributed by atoms with Gasteiger partial charge >= 0.3 is 0 Å². The van der Waals surface area contributed by atoms with Crippen LogP contribution >= 0.6 is 0 Å². The van der Waals surface area contributed by atoms with Crippen LogP contribution in [0.4, 0.5) is 0 Å². The third-order valence-electron chi connectivity index (χ3n) is 3.95. The zero-order valence-corrected chi connectivity index (χ0v) is 12.9. The van der Waals surface area contributed by atoms with E-state index in [1.807, 2.05) is 23.1 Å². The van der Waals surface area contributed by atoms with Crippen LogP contribution in [0.15, 0.2) is 30.3 Å². The number of amides is 1. The molecule has 1 aliphatic rings. The molecule has 1 saturated heterocycles. The van der Waals surface area contributed by atoms with Gasteiger partial charge in [-0.15, -0.1) is 0 Å². The van der Waals surface area contributed by atoms with E-state index < -0.39 is 0 Å². The van der Waals surface area contributed by atoms with Crippen LogP contribution in [0, 0.1) is 0 Å². The van der Waals surface area contributed by atoms with Gasteiger partial charge in [0.25, 0.3) is 0 Å². The van der Waals surface area contributed by atoms with Crippen LogP contribution in [-0.4, -0.2) is 43.7 Å². The maximum atomic E-state index is 12.8. The van der Waals surface area contributed by atoms with Crippen LogP contribution in [0.1, 0.15) is 31.2 Å². The summed E-state index contributed by atoms with van der Waals surface area (Å²) >= 11 is 0. The summed E-state index contributed by atoms with van der Waals surface area (Å²) in [6, 6.07) is 10.1. The van der Waals surface area contributed by atoms with Gasteiger partial charge in [0.1, 0.15) is 0 Å². The highest BCUT2D eigenvalue weighted by atomic mass is 16.5. The van der Waals surface area contributed by atoms with Gasteiger partial charge in [-0.25, -0.2) is 0 Å². The summed E-state index contributed by atoms with van der Waals surface area (Å²) in [6.45, 7) is 2.81. The summed E-state index contributed by atoms with van der Waals surface area (Å²) in [5.74, 6) is 0.206. The Labute approximate surface area is 127 Å². The average molecular weight is 290 g/mol. The van der Waals surface area contributed by atoms with E-state index in [0.717, 1.165) is 24.9 Å². The van der Waals surface area contributed by atoms with Crippen molar-refractivity contribution in [3.05, 3.63) is 35.9 Å². The van der Waals surface area contributed by atoms with Crippen molar-refractivity contribution < 1.29 is 9.53 Å². The van der Waals surface area contributed by atoms with Gasteiger partial charge in [0.2, 0.25) is 5.91 Å². The Hall–Kier alpha value is -1.39. The number of benzene rings is 1. The number of ether oxygens (including phenoxy) is 1. The molecule has 0 spiro atoms. The van der Waals surface area contributed by atoms with Crippen molar-refractivity contribution >= 4 is 5.91 Å². The van der Waals surface area contributed by atoms with Gasteiger partial charge in [-0.3, -0.25) is 4.79 Å². The lowest BCUT2D eigenvalue weighted by atomic mass is 10.1. The van der Waals surface area contributed by atoms with Crippen molar-refractivity contribution in [2.45, 2.75) is 38.3 Å². The topological polar surface area (TPSA) is 41.6 Å². The second-order valence-electron chi connectivity index (χ2n) is 5.59. The molecule has 0 radical (unpaired) electrons. The average Bonchev–Trinajstić information content (AvgIpc) is 2.81. The minimum Gasteiger partial charge on any atom is -0.383 e. The van der Waals surface area contributed by atoms with Crippen LogP contribution < -0.4 is 5.32 Å². The van der Waals surface area contributed by atoms with Crippen molar-refractivity contribution in [2.24, 2.45) is 0 Å². The molecule has 1 aromatic rings. The molecular formula is C17H26N2O2. The fraction of sp³-hybridized carbons (Fsp3) is 0.588. The molecule has 2 rings (SSSR count). The van der Waals surface area contributed by atoms with Crippen LogP contribution in [-0.2, 0) is 16.1 Å². The second-order valence-corrected chi connectivity index (χ2v) is 5.59. The molecule has 1 unspecified atom stereocenters. The summed E-state index contributed by atoms with van der Waals surface area (Å²) in [7, 11) is 1.68. The molecule has 1 aromatic carbocycles. The molecule has 0 saturated carbocycles. The van der Waals surface area contributed by atoms with E-state index in [1.165, 1.54) is 12.8 Å². The highest BCUT2D eigenvalue weighted by Gasteiger charge is 2.24. The van der Waals surface area contributed by atoms with E-state index in [1.54, 1.807) is 7.11 Å². The fourth-order valence-electron chi connectivity index (χ4n) is 2.73. The first-order valence-corrected chi connectivity index (χ1v) is 7.86. The number of nitrogens with zero attached hydrogens (tertiary/aromatic N) is 1. The minimum absolute atomic E-state index is 0.0342. The number of carbonyl (C=O) groups excluding carboxylic acids is 1. The van der Waals surface area contributed by atoms with Gasteiger partial charge in [-0.2, -0.15) is 0 Å². The lowest BCUT2D eigenvalue weighted by Crippen LogP contribution is -2.46. The first-order chi connectivity index (χ1) is 10.3. The molecule has 0 bridgehead atoms. The monoisotopic (exact) mass is 290 g/mol. The van der Waals surface area contributed by atoms with Crippen LogP contribution in [0.2, 0.25) is 0 Å². The lowest BCUT2D eigenvalue weighted by molar-refractivity contribution is -0.134. The summed E-state index contributed by atoms with van der Waals surface area (Å²) in [4.78, 5) is 14.7. The predicted octanol–water partition coefficient (Wildman–Crippen LogP) is 2.19. The molecular weight excluding hydrogens is 264 g/mol. The minimum atomic E-state index is -0.0342. The van der Waals surface area contributed by atoms with Crippen molar-refractivity contribution in [3.63, 3.8) is 0 Å². The first-order valence-electron chi connectivity index (χ1n) is 7.86.